The first-order valence-electron chi connectivity index (χ1n) is 10.4. The van der Waals surface area contributed by atoms with Crippen LogP contribution in [0.5, 0.6) is 0 Å². The van der Waals surface area contributed by atoms with Crippen LogP contribution in [-0.4, -0.2) is 45.3 Å². The zero-order chi connectivity index (χ0) is 22.1. The zero-order valence-corrected chi connectivity index (χ0v) is 19.2. The van der Waals surface area contributed by atoms with Crippen LogP contribution in [-0.2, 0) is 4.79 Å². The van der Waals surface area contributed by atoms with Crippen molar-refractivity contribution >= 4 is 40.2 Å². The molecule has 164 valence electrons. The monoisotopic (exact) mass is 457 g/mol. The van der Waals surface area contributed by atoms with Crippen molar-refractivity contribution < 1.29 is 14.7 Å². The van der Waals surface area contributed by atoms with Gasteiger partial charge in [-0.05, 0) is 43.7 Å². The molecule has 1 aromatic heterocycles. The van der Waals surface area contributed by atoms with Crippen LogP contribution in [0.2, 0.25) is 0 Å². The molecule has 0 atom stereocenters. The van der Waals surface area contributed by atoms with Crippen LogP contribution in [0.25, 0.3) is 0 Å². The SMILES string of the molecule is C[C@H]1CC[C@H](N(CCC#Cc2ccccc2)C(=O)Nc2ncc(SCC(=O)O)s2)CC1. The van der Waals surface area contributed by atoms with Crippen molar-refractivity contribution in [2.24, 2.45) is 5.92 Å². The van der Waals surface area contributed by atoms with Crippen molar-refractivity contribution in [1.82, 2.24) is 9.88 Å². The van der Waals surface area contributed by atoms with Crippen LogP contribution in [0.15, 0.2) is 40.7 Å². The molecule has 0 bridgehead atoms. The summed E-state index contributed by atoms with van der Waals surface area (Å²) in [7, 11) is 0. The van der Waals surface area contributed by atoms with Gasteiger partial charge in [0.05, 0.1) is 16.2 Å². The van der Waals surface area contributed by atoms with Crippen LogP contribution in [0.3, 0.4) is 0 Å². The lowest BCUT2D eigenvalue weighted by Crippen LogP contribution is -2.45. The van der Waals surface area contributed by atoms with Crippen LogP contribution < -0.4 is 5.32 Å². The summed E-state index contributed by atoms with van der Waals surface area (Å²) < 4.78 is 0.768. The molecule has 1 saturated carbocycles. The Bertz CT molecular complexity index is 928. The van der Waals surface area contributed by atoms with E-state index in [1.165, 1.54) is 23.1 Å². The molecule has 1 aliphatic carbocycles. The van der Waals surface area contributed by atoms with Crippen LogP contribution in [0.4, 0.5) is 9.93 Å². The number of hydrogen-bond acceptors (Lipinski definition) is 5. The number of carboxylic acid groups (broad SMARTS) is 1. The lowest BCUT2D eigenvalue weighted by molar-refractivity contribution is -0.133. The Morgan fingerprint density at radius 3 is 2.71 bits per heavy atom. The number of nitrogens with zero attached hydrogens (tertiary/aromatic N) is 2. The maximum Gasteiger partial charge on any atom is 0.323 e. The van der Waals surface area contributed by atoms with Gasteiger partial charge in [0, 0.05) is 24.6 Å². The number of carbonyl (C=O) groups excluding carboxylic acids is 1. The maximum absolute atomic E-state index is 13.1. The first-order chi connectivity index (χ1) is 15.0. The largest absolute Gasteiger partial charge is 0.481 e. The van der Waals surface area contributed by atoms with Gasteiger partial charge in [-0.15, -0.1) is 11.8 Å². The number of urea groups is 1. The van der Waals surface area contributed by atoms with Gasteiger partial charge in [0.2, 0.25) is 0 Å². The second-order valence-electron chi connectivity index (χ2n) is 7.62. The predicted molar refractivity (Wildman–Crippen MR) is 126 cm³/mol. The highest BCUT2D eigenvalue weighted by atomic mass is 32.2. The Kier molecular flexibility index (Phi) is 8.80. The normalized spacial score (nSPS) is 18.0. The average Bonchev–Trinajstić information content (AvgIpc) is 3.21. The second kappa shape index (κ2) is 11.8. The molecule has 3 rings (SSSR count). The zero-order valence-electron chi connectivity index (χ0n) is 17.5. The van der Waals surface area contributed by atoms with E-state index in [1.807, 2.05) is 35.2 Å². The van der Waals surface area contributed by atoms with E-state index in [2.05, 4.69) is 29.1 Å². The molecule has 31 heavy (non-hydrogen) atoms. The minimum absolute atomic E-state index is 0.0257. The van der Waals surface area contributed by atoms with Crippen LogP contribution in [0.1, 0.15) is 44.6 Å². The standard InChI is InChI=1S/C23H27N3O3S2/c1-17-10-12-19(13-11-17)26(14-6-5-9-18-7-3-2-4-8-18)23(29)25-22-24-15-21(31-22)30-16-20(27)28/h2-4,7-8,15,17,19H,6,10-14,16H2,1H3,(H,27,28)(H,24,25,29)/t17-,19-. The molecule has 2 amide bonds. The summed E-state index contributed by atoms with van der Waals surface area (Å²) >= 11 is 2.50. The number of aromatic nitrogens is 1. The van der Waals surface area contributed by atoms with E-state index in [0.717, 1.165) is 35.5 Å². The lowest BCUT2D eigenvalue weighted by Gasteiger charge is -2.35. The van der Waals surface area contributed by atoms with Gasteiger partial charge in [-0.3, -0.25) is 10.1 Å². The maximum atomic E-state index is 13.1. The summed E-state index contributed by atoms with van der Waals surface area (Å²) in [5.41, 5.74) is 0.971. The Morgan fingerprint density at radius 2 is 2.00 bits per heavy atom. The van der Waals surface area contributed by atoms with Gasteiger partial charge in [-0.25, -0.2) is 9.78 Å². The van der Waals surface area contributed by atoms with Crippen LogP contribution >= 0.6 is 23.1 Å². The number of rotatable bonds is 7. The number of nitrogens with one attached hydrogen (secondary N) is 1. The molecule has 1 heterocycles. The number of amides is 2. The number of thioether (sulfide) groups is 1. The minimum atomic E-state index is -0.877. The van der Waals surface area contributed by atoms with Gasteiger partial charge in [-0.2, -0.15) is 0 Å². The van der Waals surface area contributed by atoms with Crippen molar-refractivity contribution in [3.05, 3.63) is 42.1 Å². The lowest BCUT2D eigenvalue weighted by atomic mass is 9.86. The molecule has 0 radical (unpaired) electrons. The molecule has 0 aliphatic heterocycles. The van der Waals surface area contributed by atoms with E-state index in [-0.39, 0.29) is 17.8 Å². The summed E-state index contributed by atoms with van der Waals surface area (Å²) in [6.45, 7) is 2.83. The van der Waals surface area contributed by atoms with E-state index in [4.69, 9.17) is 5.11 Å². The van der Waals surface area contributed by atoms with E-state index < -0.39 is 5.97 Å². The molecule has 1 aromatic carbocycles. The van der Waals surface area contributed by atoms with Crippen LogP contribution in [0, 0.1) is 17.8 Å². The second-order valence-corrected chi connectivity index (χ2v) is 9.93. The summed E-state index contributed by atoms with van der Waals surface area (Å²) in [6, 6.07) is 9.88. The Balaban J connectivity index is 1.62. The first kappa shape index (κ1) is 23.2. The van der Waals surface area contributed by atoms with Crippen molar-refractivity contribution in [3.63, 3.8) is 0 Å². The van der Waals surface area contributed by atoms with Gasteiger partial charge in [0.15, 0.2) is 5.13 Å². The third-order valence-electron chi connectivity index (χ3n) is 5.21. The quantitative estimate of drug-likeness (QED) is 0.442. The van der Waals surface area contributed by atoms with Gasteiger partial charge in [0.1, 0.15) is 0 Å². The third kappa shape index (κ3) is 7.60. The number of aliphatic carboxylic acids is 1. The summed E-state index contributed by atoms with van der Waals surface area (Å²) in [5, 5.41) is 12.2. The molecule has 1 fully saturated rings. The molecular formula is C23H27N3O3S2. The third-order valence-corrected chi connectivity index (χ3v) is 7.30. The molecule has 6 nitrogen and oxygen atoms in total. The molecule has 8 heteroatoms. The minimum Gasteiger partial charge on any atom is -0.481 e. The van der Waals surface area contributed by atoms with E-state index >= 15 is 0 Å². The van der Waals surface area contributed by atoms with Crippen molar-refractivity contribution in [2.45, 2.75) is 49.3 Å². The Morgan fingerprint density at radius 1 is 1.26 bits per heavy atom. The van der Waals surface area contributed by atoms with E-state index in [1.54, 1.807) is 6.20 Å². The highest BCUT2D eigenvalue weighted by Crippen LogP contribution is 2.30. The first-order valence-corrected chi connectivity index (χ1v) is 12.2. The number of hydrogen-bond donors (Lipinski definition) is 2. The summed E-state index contributed by atoms with van der Waals surface area (Å²) in [5.74, 6) is 6.14. The highest BCUT2D eigenvalue weighted by Gasteiger charge is 2.27. The van der Waals surface area contributed by atoms with Gasteiger partial charge in [0.25, 0.3) is 0 Å². The van der Waals surface area contributed by atoms with Gasteiger partial charge in [-0.1, -0.05) is 48.3 Å². The fraction of sp³-hybridized carbons (Fsp3) is 0.435. The molecule has 0 unspecified atom stereocenters. The number of thiazole rings is 1. The Hall–Kier alpha value is -2.50. The molecule has 0 saturated heterocycles. The van der Waals surface area contributed by atoms with Crippen molar-refractivity contribution in [3.8, 4) is 11.8 Å². The summed E-state index contributed by atoms with van der Waals surface area (Å²) in [6.07, 6.45) is 6.45. The van der Waals surface area contributed by atoms with Gasteiger partial charge >= 0.3 is 12.0 Å². The fourth-order valence-electron chi connectivity index (χ4n) is 3.55. The summed E-state index contributed by atoms with van der Waals surface area (Å²) in [4.78, 5) is 29.9. The molecule has 1 aliphatic rings. The average molecular weight is 458 g/mol. The molecule has 0 spiro atoms. The fourth-order valence-corrected chi connectivity index (χ4v) is 5.13. The number of carbonyl (C=O) groups is 2. The molecular weight excluding hydrogens is 430 g/mol. The highest BCUT2D eigenvalue weighted by molar-refractivity contribution is 8.01. The smallest absolute Gasteiger partial charge is 0.323 e. The number of anilines is 1. The topological polar surface area (TPSA) is 82.5 Å². The van der Waals surface area contributed by atoms with E-state index in [9.17, 15) is 9.59 Å². The number of benzene rings is 1. The van der Waals surface area contributed by atoms with Gasteiger partial charge < -0.3 is 10.0 Å². The Labute approximate surface area is 191 Å². The predicted octanol–water partition coefficient (Wildman–Crippen LogP) is 5.17. The number of carboxylic acids is 1. The van der Waals surface area contributed by atoms with E-state index in [0.29, 0.717) is 24.0 Å². The van der Waals surface area contributed by atoms with Crippen molar-refractivity contribution in [2.75, 3.05) is 17.6 Å². The molecule has 2 aromatic rings. The van der Waals surface area contributed by atoms with Crippen molar-refractivity contribution in [1.29, 1.82) is 0 Å². The molecule has 2 N–H and O–H groups in total.